The quantitative estimate of drug-likeness (QED) is 0.247. The molecule has 4 atom stereocenters. The molecule has 1 aromatic rings. The van der Waals surface area contributed by atoms with Gasteiger partial charge in [0.15, 0.2) is 14.1 Å². The number of rotatable bonds is 11. The van der Waals surface area contributed by atoms with Gasteiger partial charge in [-0.25, -0.2) is 0 Å². The number of carbonyl (C=O) groups is 5. The number of ketones is 1. The van der Waals surface area contributed by atoms with Gasteiger partial charge in [-0.1, -0.05) is 63.9 Å². The molecule has 4 unspecified atom stereocenters. The first kappa shape index (κ1) is 36.4. The number of benzene rings is 1. The van der Waals surface area contributed by atoms with Crippen LogP contribution in [0.3, 0.4) is 0 Å². The molecule has 0 bridgehead atoms. The van der Waals surface area contributed by atoms with Gasteiger partial charge in [0, 0.05) is 19.4 Å². The lowest BCUT2D eigenvalue weighted by atomic mass is 9.98. The van der Waals surface area contributed by atoms with Crippen molar-refractivity contribution >= 4 is 37.7 Å². The molecule has 4 amide bonds. The van der Waals surface area contributed by atoms with Gasteiger partial charge in [-0.2, -0.15) is 0 Å². The summed E-state index contributed by atoms with van der Waals surface area (Å²) in [6.45, 7) is 16.1. The number of amides is 4. The van der Waals surface area contributed by atoms with Crippen molar-refractivity contribution in [1.29, 1.82) is 0 Å². The lowest BCUT2D eigenvalue weighted by Gasteiger charge is -2.38. The SMILES string of the molecule is CC(O[Si](C)(C)C(C)(C)C)C(=O)CCCCCC1NC(=O)C2CCCN2C(=O)C(Cc2ccccc2)NC(=O)C(C)(C)NC1=O. The average Bonchev–Trinajstić information content (AvgIpc) is 3.44. The minimum Gasteiger partial charge on any atom is -0.407 e. The van der Waals surface area contributed by atoms with E-state index in [1.165, 1.54) is 0 Å². The number of hydrogen-bond donors (Lipinski definition) is 3. The predicted octanol–water partition coefficient (Wildman–Crippen LogP) is 4.03. The summed E-state index contributed by atoms with van der Waals surface area (Å²) in [7, 11) is -2.06. The Labute approximate surface area is 269 Å². The zero-order valence-corrected chi connectivity index (χ0v) is 29.5. The fourth-order valence-corrected chi connectivity index (χ4v) is 6.96. The second kappa shape index (κ2) is 15.0. The Morgan fingerprint density at radius 2 is 1.67 bits per heavy atom. The van der Waals surface area contributed by atoms with Gasteiger partial charge in [0.2, 0.25) is 23.6 Å². The minimum atomic E-state index is -2.06. The van der Waals surface area contributed by atoms with Crippen molar-refractivity contribution in [2.45, 2.75) is 141 Å². The van der Waals surface area contributed by atoms with E-state index in [0.717, 1.165) is 5.56 Å². The third kappa shape index (κ3) is 9.72. The van der Waals surface area contributed by atoms with Gasteiger partial charge in [-0.15, -0.1) is 0 Å². The number of Topliss-reactive ketones (excluding diaryl/α,β-unsaturated/α-hetero) is 1. The van der Waals surface area contributed by atoms with Crippen molar-refractivity contribution in [3.8, 4) is 0 Å². The van der Waals surface area contributed by atoms with E-state index in [9.17, 15) is 24.0 Å². The van der Waals surface area contributed by atoms with Crippen LogP contribution in [-0.2, 0) is 34.8 Å². The van der Waals surface area contributed by atoms with Gasteiger partial charge in [0.05, 0.1) is 0 Å². The number of hydrogen-bond acceptors (Lipinski definition) is 6. The number of unbranched alkanes of at least 4 members (excludes halogenated alkanes) is 2. The topological polar surface area (TPSA) is 134 Å². The summed E-state index contributed by atoms with van der Waals surface area (Å²) in [6.07, 6.45) is 3.62. The molecule has 1 aromatic carbocycles. The molecule has 0 saturated carbocycles. The summed E-state index contributed by atoms with van der Waals surface area (Å²) in [5, 5.41) is 8.58. The number of nitrogens with zero attached hydrogens (tertiary/aromatic N) is 1. The third-order valence-electron chi connectivity index (χ3n) is 9.51. The fraction of sp³-hybridized carbons (Fsp3) is 0.676. The van der Waals surface area contributed by atoms with Crippen molar-refractivity contribution in [3.63, 3.8) is 0 Å². The Hall–Kier alpha value is -3.05. The molecule has 0 spiro atoms. The van der Waals surface area contributed by atoms with Crippen LogP contribution in [0, 0.1) is 0 Å². The molecule has 45 heavy (non-hydrogen) atoms. The first-order chi connectivity index (χ1) is 20.9. The molecule has 2 aliphatic heterocycles. The molecule has 250 valence electrons. The van der Waals surface area contributed by atoms with Crippen LogP contribution < -0.4 is 16.0 Å². The summed E-state index contributed by atoms with van der Waals surface area (Å²) >= 11 is 0. The fourth-order valence-electron chi connectivity index (χ4n) is 5.59. The lowest BCUT2D eigenvalue weighted by Crippen LogP contribution is -2.64. The number of carbonyl (C=O) groups excluding carboxylic acids is 5. The normalized spacial score (nSPS) is 23.6. The van der Waals surface area contributed by atoms with Gasteiger partial charge in [0.1, 0.15) is 29.8 Å². The molecule has 3 N–H and O–H groups in total. The molecular weight excluding hydrogens is 588 g/mol. The lowest BCUT2D eigenvalue weighted by molar-refractivity contribution is -0.144. The van der Waals surface area contributed by atoms with E-state index in [2.05, 4.69) is 49.8 Å². The maximum absolute atomic E-state index is 13.8. The van der Waals surface area contributed by atoms with E-state index >= 15 is 0 Å². The van der Waals surface area contributed by atoms with Crippen LogP contribution in [0.2, 0.25) is 18.1 Å². The van der Waals surface area contributed by atoms with E-state index < -0.39 is 49.9 Å². The molecule has 0 radical (unpaired) electrons. The standard InChI is InChI=1S/C34H54N4O6Si/c1-23(44-45(7,8)33(2,3)4)28(39)20-14-10-13-18-25-29(40)37-34(5,6)32(43)36-26(22-24-16-11-9-12-17-24)31(42)38-21-15-19-27(38)30(41)35-25/h9,11-12,16-17,23,25-27H,10,13-15,18-22H2,1-8H3,(H,35,41)(H,36,43)(H,37,40). The summed E-state index contributed by atoms with van der Waals surface area (Å²) in [5.74, 6) is -1.52. The van der Waals surface area contributed by atoms with E-state index in [-0.39, 0.29) is 29.1 Å². The van der Waals surface area contributed by atoms with Crippen LogP contribution in [0.4, 0.5) is 0 Å². The summed E-state index contributed by atoms with van der Waals surface area (Å²) < 4.78 is 6.24. The molecule has 2 heterocycles. The second-order valence-corrected chi connectivity index (χ2v) is 19.4. The molecule has 2 aliphatic rings. The van der Waals surface area contributed by atoms with Crippen molar-refractivity contribution in [2.75, 3.05) is 6.54 Å². The molecule has 10 nitrogen and oxygen atoms in total. The van der Waals surface area contributed by atoms with Gasteiger partial charge in [-0.3, -0.25) is 24.0 Å². The molecule has 0 aliphatic carbocycles. The molecule has 2 saturated heterocycles. The highest BCUT2D eigenvalue weighted by Gasteiger charge is 2.42. The van der Waals surface area contributed by atoms with E-state index in [1.807, 2.05) is 37.3 Å². The average molecular weight is 643 g/mol. The van der Waals surface area contributed by atoms with Crippen molar-refractivity contribution in [2.24, 2.45) is 0 Å². The van der Waals surface area contributed by atoms with Crippen LogP contribution in [0.1, 0.15) is 92.1 Å². The van der Waals surface area contributed by atoms with Crippen molar-refractivity contribution in [3.05, 3.63) is 35.9 Å². The van der Waals surface area contributed by atoms with Gasteiger partial charge < -0.3 is 25.3 Å². The smallest absolute Gasteiger partial charge is 0.246 e. The van der Waals surface area contributed by atoms with Crippen molar-refractivity contribution < 1.29 is 28.4 Å². The van der Waals surface area contributed by atoms with Crippen LogP contribution in [0.25, 0.3) is 0 Å². The molecule has 3 rings (SSSR count). The van der Waals surface area contributed by atoms with Gasteiger partial charge >= 0.3 is 0 Å². The van der Waals surface area contributed by atoms with E-state index in [1.54, 1.807) is 18.7 Å². The highest BCUT2D eigenvalue weighted by Crippen LogP contribution is 2.37. The summed E-state index contributed by atoms with van der Waals surface area (Å²) in [4.78, 5) is 68.6. The Balaban J connectivity index is 1.66. The van der Waals surface area contributed by atoms with Crippen LogP contribution in [-0.4, -0.2) is 78.9 Å². The molecule has 0 aromatic heterocycles. The predicted molar refractivity (Wildman–Crippen MR) is 177 cm³/mol. The zero-order valence-electron chi connectivity index (χ0n) is 28.5. The molecule has 2 fully saturated rings. The van der Waals surface area contributed by atoms with Crippen molar-refractivity contribution in [1.82, 2.24) is 20.9 Å². The molecule has 11 heteroatoms. The minimum absolute atomic E-state index is 0.0160. The van der Waals surface area contributed by atoms with Gasteiger partial charge in [-0.05, 0) is 70.2 Å². The highest BCUT2D eigenvalue weighted by molar-refractivity contribution is 6.74. The largest absolute Gasteiger partial charge is 0.407 e. The van der Waals surface area contributed by atoms with Crippen LogP contribution in [0.15, 0.2) is 30.3 Å². The van der Waals surface area contributed by atoms with Crippen LogP contribution >= 0.6 is 0 Å². The van der Waals surface area contributed by atoms with Crippen LogP contribution in [0.5, 0.6) is 0 Å². The van der Waals surface area contributed by atoms with E-state index in [4.69, 9.17) is 4.43 Å². The highest BCUT2D eigenvalue weighted by atomic mass is 28.4. The first-order valence-electron chi connectivity index (χ1n) is 16.4. The monoisotopic (exact) mass is 642 g/mol. The third-order valence-corrected chi connectivity index (χ3v) is 14.1. The first-order valence-corrected chi connectivity index (χ1v) is 19.3. The Bertz CT molecular complexity index is 1230. The summed E-state index contributed by atoms with van der Waals surface area (Å²) in [6, 6.07) is 6.94. The van der Waals surface area contributed by atoms with Gasteiger partial charge in [0.25, 0.3) is 0 Å². The van der Waals surface area contributed by atoms with E-state index in [0.29, 0.717) is 51.5 Å². The second-order valence-electron chi connectivity index (χ2n) is 14.7. The summed E-state index contributed by atoms with van der Waals surface area (Å²) in [5.41, 5.74) is -0.449. The Morgan fingerprint density at radius 3 is 2.31 bits per heavy atom. The Morgan fingerprint density at radius 1 is 1.00 bits per heavy atom. The zero-order chi connectivity index (χ0) is 33.6. The number of nitrogens with one attached hydrogen (secondary N) is 3. The number of fused-ring (bicyclic) bond motifs is 1. The Kier molecular flexibility index (Phi) is 12.2. The maximum atomic E-state index is 13.8. The maximum Gasteiger partial charge on any atom is 0.246 e. The molecular formula is C34H54N4O6Si.